The van der Waals surface area contributed by atoms with Gasteiger partial charge in [0.1, 0.15) is 5.82 Å². The van der Waals surface area contributed by atoms with Crippen molar-refractivity contribution in [3.63, 3.8) is 0 Å². The third-order valence-electron chi connectivity index (χ3n) is 2.79. The highest BCUT2D eigenvalue weighted by atomic mass is 19.1. The zero-order chi connectivity index (χ0) is 14.5. The lowest BCUT2D eigenvalue weighted by atomic mass is 10.2. The lowest BCUT2D eigenvalue weighted by Crippen LogP contribution is -2.29. The number of aromatic nitrogens is 2. The fraction of sp³-hybridized carbons (Fsp3) is 0.286. The van der Waals surface area contributed by atoms with Gasteiger partial charge in [-0.2, -0.15) is 0 Å². The fourth-order valence-electron chi connectivity index (χ4n) is 1.84. The first kappa shape index (κ1) is 14.2. The molecule has 0 saturated heterocycles. The van der Waals surface area contributed by atoms with E-state index >= 15 is 0 Å². The van der Waals surface area contributed by atoms with Crippen molar-refractivity contribution in [2.75, 3.05) is 0 Å². The van der Waals surface area contributed by atoms with Crippen LogP contribution in [0.1, 0.15) is 18.9 Å². The van der Waals surface area contributed by atoms with Crippen molar-refractivity contribution in [1.29, 1.82) is 0 Å². The van der Waals surface area contributed by atoms with Crippen molar-refractivity contribution < 1.29 is 9.18 Å². The predicted molar refractivity (Wildman–Crippen MR) is 73.6 cm³/mol. The average molecular weight is 276 g/mol. The van der Waals surface area contributed by atoms with E-state index in [0.29, 0.717) is 11.3 Å². The lowest BCUT2D eigenvalue weighted by molar-refractivity contribution is -0.121. The first-order valence-corrected chi connectivity index (χ1v) is 6.35. The first-order chi connectivity index (χ1) is 9.56. The van der Waals surface area contributed by atoms with Crippen molar-refractivity contribution >= 4 is 5.91 Å². The van der Waals surface area contributed by atoms with Crippen LogP contribution in [0.5, 0.6) is 0 Å². The molecule has 0 spiro atoms. The number of hydrogen-bond donors (Lipinski definition) is 2. The van der Waals surface area contributed by atoms with Crippen molar-refractivity contribution in [3.8, 4) is 5.69 Å². The molecule has 0 aliphatic carbocycles. The quantitative estimate of drug-likeness (QED) is 0.866. The second-order valence-electron chi connectivity index (χ2n) is 4.71. The van der Waals surface area contributed by atoms with E-state index in [0.717, 1.165) is 0 Å². The highest BCUT2D eigenvalue weighted by Gasteiger charge is 2.07. The smallest absolute Gasteiger partial charge is 0.221 e. The van der Waals surface area contributed by atoms with Crippen LogP contribution in [0, 0.1) is 5.82 Å². The van der Waals surface area contributed by atoms with E-state index in [1.165, 1.54) is 12.4 Å². The molecule has 20 heavy (non-hydrogen) atoms. The Morgan fingerprint density at radius 2 is 2.35 bits per heavy atom. The van der Waals surface area contributed by atoms with Gasteiger partial charge in [0, 0.05) is 31.4 Å². The summed E-state index contributed by atoms with van der Waals surface area (Å²) in [7, 11) is 0. The van der Waals surface area contributed by atoms with Gasteiger partial charge in [-0.1, -0.05) is 6.07 Å². The molecule has 1 unspecified atom stereocenters. The van der Waals surface area contributed by atoms with Crippen LogP contribution in [0.2, 0.25) is 0 Å². The Morgan fingerprint density at radius 1 is 1.55 bits per heavy atom. The van der Waals surface area contributed by atoms with Crippen LogP contribution in [0.25, 0.3) is 5.69 Å². The van der Waals surface area contributed by atoms with Crippen LogP contribution in [-0.2, 0) is 11.3 Å². The molecular weight excluding hydrogens is 259 g/mol. The van der Waals surface area contributed by atoms with Gasteiger partial charge in [-0.05, 0) is 24.6 Å². The summed E-state index contributed by atoms with van der Waals surface area (Å²) in [6, 6.07) is 4.64. The number of halogens is 1. The van der Waals surface area contributed by atoms with Crippen LogP contribution < -0.4 is 11.1 Å². The number of carbonyl (C=O) groups is 1. The molecule has 5 nitrogen and oxygen atoms in total. The maximum absolute atomic E-state index is 14.0. The lowest BCUT2D eigenvalue weighted by Gasteiger charge is -2.09. The van der Waals surface area contributed by atoms with Gasteiger partial charge in [0.15, 0.2) is 0 Å². The molecule has 6 heteroatoms. The summed E-state index contributed by atoms with van der Waals surface area (Å²) >= 11 is 0. The molecule has 1 atom stereocenters. The molecule has 2 rings (SSSR count). The predicted octanol–water partition coefficient (Wildman–Crippen LogP) is 1.36. The normalized spacial score (nSPS) is 12.2. The van der Waals surface area contributed by atoms with Gasteiger partial charge in [0.05, 0.1) is 12.0 Å². The molecule has 0 radical (unpaired) electrons. The van der Waals surface area contributed by atoms with Gasteiger partial charge >= 0.3 is 0 Å². The number of nitrogens with one attached hydrogen (secondary N) is 1. The number of nitrogens with two attached hydrogens (primary N) is 1. The monoisotopic (exact) mass is 276 g/mol. The summed E-state index contributed by atoms with van der Waals surface area (Å²) in [5.41, 5.74) is 6.65. The number of nitrogens with zero attached hydrogens (tertiary/aromatic N) is 2. The van der Waals surface area contributed by atoms with Crippen molar-refractivity contribution in [2.24, 2.45) is 5.73 Å². The third kappa shape index (κ3) is 3.64. The molecule has 0 aliphatic rings. The summed E-state index contributed by atoms with van der Waals surface area (Å²) in [5.74, 6) is -0.499. The van der Waals surface area contributed by atoms with Crippen molar-refractivity contribution in [3.05, 3.63) is 48.3 Å². The second-order valence-corrected chi connectivity index (χ2v) is 4.71. The molecule has 2 aromatic rings. The van der Waals surface area contributed by atoms with Gasteiger partial charge in [0.2, 0.25) is 5.91 Å². The molecule has 3 N–H and O–H groups in total. The molecule has 0 fully saturated rings. The maximum atomic E-state index is 14.0. The van der Waals surface area contributed by atoms with E-state index in [4.69, 9.17) is 5.73 Å². The number of rotatable bonds is 5. The van der Waals surface area contributed by atoms with Gasteiger partial charge < -0.3 is 15.6 Å². The average Bonchev–Trinajstić information content (AvgIpc) is 2.89. The van der Waals surface area contributed by atoms with Crippen LogP contribution in [0.4, 0.5) is 4.39 Å². The van der Waals surface area contributed by atoms with Gasteiger partial charge in [-0.3, -0.25) is 4.79 Å². The molecular formula is C14H17FN4O. The zero-order valence-electron chi connectivity index (χ0n) is 11.2. The van der Waals surface area contributed by atoms with E-state index in [9.17, 15) is 9.18 Å². The van der Waals surface area contributed by atoms with Crippen LogP contribution in [-0.4, -0.2) is 21.5 Å². The van der Waals surface area contributed by atoms with E-state index in [1.54, 1.807) is 36.0 Å². The van der Waals surface area contributed by atoms with E-state index in [-0.39, 0.29) is 30.7 Å². The van der Waals surface area contributed by atoms with Crippen molar-refractivity contribution in [1.82, 2.24) is 14.9 Å². The van der Waals surface area contributed by atoms with Gasteiger partial charge in [0.25, 0.3) is 0 Å². The third-order valence-corrected chi connectivity index (χ3v) is 2.79. The van der Waals surface area contributed by atoms with Crippen molar-refractivity contribution in [2.45, 2.75) is 25.9 Å². The number of amides is 1. The largest absolute Gasteiger partial charge is 0.352 e. The van der Waals surface area contributed by atoms with E-state index in [2.05, 4.69) is 10.3 Å². The van der Waals surface area contributed by atoms with Crippen LogP contribution in [0.3, 0.4) is 0 Å². The summed E-state index contributed by atoms with van der Waals surface area (Å²) in [6.07, 6.45) is 5.04. The summed E-state index contributed by atoms with van der Waals surface area (Å²) in [5, 5.41) is 2.71. The SMILES string of the molecule is CC(N)CC(=O)NCc1ccc(-n2ccnc2)c(F)c1. The zero-order valence-corrected chi connectivity index (χ0v) is 11.2. The molecule has 106 valence electrons. The van der Waals surface area contributed by atoms with E-state index in [1.807, 2.05) is 0 Å². The Hall–Kier alpha value is -2.21. The van der Waals surface area contributed by atoms with E-state index < -0.39 is 0 Å². The Bertz CT molecular complexity index is 581. The Kier molecular flexibility index (Phi) is 4.47. The minimum atomic E-state index is -0.359. The van der Waals surface area contributed by atoms with Gasteiger partial charge in [-0.25, -0.2) is 9.37 Å². The number of imidazole rings is 1. The summed E-state index contributed by atoms with van der Waals surface area (Å²) < 4.78 is 15.6. The first-order valence-electron chi connectivity index (χ1n) is 6.35. The molecule has 1 aromatic carbocycles. The number of benzene rings is 1. The topological polar surface area (TPSA) is 72.9 Å². The Morgan fingerprint density at radius 3 is 2.95 bits per heavy atom. The Labute approximate surface area is 116 Å². The van der Waals surface area contributed by atoms with Crippen LogP contribution in [0.15, 0.2) is 36.9 Å². The maximum Gasteiger partial charge on any atom is 0.221 e. The fourth-order valence-corrected chi connectivity index (χ4v) is 1.84. The molecule has 0 bridgehead atoms. The summed E-state index contributed by atoms with van der Waals surface area (Å²) in [4.78, 5) is 15.3. The standard InChI is InChI=1S/C14H17FN4O/c1-10(16)6-14(20)18-8-11-2-3-13(12(15)7-11)19-5-4-17-9-19/h2-5,7,9-10H,6,8,16H2,1H3,(H,18,20). The summed E-state index contributed by atoms with van der Waals surface area (Å²) in [6.45, 7) is 2.05. The minimum absolute atomic E-state index is 0.140. The second kappa shape index (κ2) is 6.29. The number of carbonyl (C=O) groups excluding carboxylic acids is 1. The van der Waals surface area contributed by atoms with Gasteiger partial charge in [-0.15, -0.1) is 0 Å². The molecule has 1 aromatic heterocycles. The minimum Gasteiger partial charge on any atom is -0.352 e. The molecule has 1 amide bonds. The molecule has 1 heterocycles. The highest BCUT2D eigenvalue weighted by Crippen LogP contribution is 2.14. The van der Waals surface area contributed by atoms with Crippen LogP contribution >= 0.6 is 0 Å². The Balaban J connectivity index is 2.01. The molecule has 0 saturated carbocycles. The number of hydrogen-bond acceptors (Lipinski definition) is 3. The molecule has 0 aliphatic heterocycles. The highest BCUT2D eigenvalue weighted by molar-refractivity contribution is 5.76.